The zero-order valence-electron chi connectivity index (χ0n) is 10.7. The van der Waals surface area contributed by atoms with E-state index in [1.54, 1.807) is 18.2 Å². The van der Waals surface area contributed by atoms with E-state index in [1.807, 2.05) is 0 Å². The molecule has 102 valence electrons. The molecule has 2 rings (SSSR count). The highest BCUT2D eigenvalue weighted by molar-refractivity contribution is 5.96. The number of anilines is 2. The summed E-state index contributed by atoms with van der Waals surface area (Å²) in [6, 6.07) is 5.11. The number of esters is 1. The van der Waals surface area contributed by atoms with Gasteiger partial charge < -0.3 is 21.1 Å². The molecule has 1 aliphatic rings. The van der Waals surface area contributed by atoms with Gasteiger partial charge in [0.1, 0.15) is 0 Å². The van der Waals surface area contributed by atoms with Crippen LogP contribution >= 0.6 is 0 Å². The second-order valence-corrected chi connectivity index (χ2v) is 4.48. The topological polar surface area (TPSA) is 93.4 Å². The van der Waals surface area contributed by atoms with Gasteiger partial charge in [-0.05, 0) is 24.6 Å². The summed E-state index contributed by atoms with van der Waals surface area (Å²) in [5.74, 6) is -0.373. The van der Waals surface area contributed by atoms with Gasteiger partial charge in [0.25, 0.3) is 0 Å². The standard InChI is InChI=1S/C13H17N3O3/c1-19-13(18)10-6-8(14)2-4-11(10)15-7-9-3-5-12(17)16-9/h2,4,6,9,15H,3,5,7,14H2,1H3,(H,16,17). The first-order chi connectivity index (χ1) is 9.10. The molecule has 0 radical (unpaired) electrons. The molecule has 19 heavy (non-hydrogen) atoms. The number of hydrogen-bond donors (Lipinski definition) is 3. The van der Waals surface area contributed by atoms with Gasteiger partial charge in [0, 0.05) is 30.4 Å². The summed E-state index contributed by atoms with van der Waals surface area (Å²) in [6.07, 6.45) is 1.35. The molecule has 1 aromatic rings. The van der Waals surface area contributed by atoms with Gasteiger partial charge in [-0.25, -0.2) is 4.79 Å². The summed E-state index contributed by atoms with van der Waals surface area (Å²) in [6.45, 7) is 0.569. The Labute approximate surface area is 111 Å². The lowest BCUT2D eigenvalue weighted by molar-refractivity contribution is -0.119. The SMILES string of the molecule is COC(=O)c1cc(N)ccc1NCC1CCC(=O)N1. The highest BCUT2D eigenvalue weighted by Crippen LogP contribution is 2.20. The Hall–Kier alpha value is -2.24. The van der Waals surface area contributed by atoms with Crippen LogP contribution in [0.4, 0.5) is 11.4 Å². The highest BCUT2D eigenvalue weighted by atomic mass is 16.5. The molecule has 1 fully saturated rings. The molecule has 0 spiro atoms. The smallest absolute Gasteiger partial charge is 0.340 e. The molecule has 0 bridgehead atoms. The first-order valence-corrected chi connectivity index (χ1v) is 6.11. The number of rotatable bonds is 4. The van der Waals surface area contributed by atoms with Crippen molar-refractivity contribution in [3.8, 4) is 0 Å². The van der Waals surface area contributed by atoms with Gasteiger partial charge in [0.05, 0.1) is 12.7 Å². The van der Waals surface area contributed by atoms with Crippen molar-refractivity contribution in [3.63, 3.8) is 0 Å². The van der Waals surface area contributed by atoms with E-state index in [1.165, 1.54) is 7.11 Å². The van der Waals surface area contributed by atoms with Crippen LogP contribution < -0.4 is 16.4 Å². The third-order valence-electron chi connectivity index (χ3n) is 3.07. The number of methoxy groups -OCH3 is 1. The predicted octanol–water partition coefficient (Wildman–Crippen LogP) is 0.746. The van der Waals surface area contributed by atoms with Gasteiger partial charge >= 0.3 is 5.97 Å². The molecule has 1 heterocycles. The van der Waals surface area contributed by atoms with Crippen molar-refractivity contribution in [2.45, 2.75) is 18.9 Å². The number of nitrogen functional groups attached to an aromatic ring is 1. The molecule has 6 heteroatoms. The molecule has 1 unspecified atom stereocenters. The molecular weight excluding hydrogens is 246 g/mol. The van der Waals surface area contributed by atoms with E-state index in [0.29, 0.717) is 29.9 Å². The lowest BCUT2D eigenvalue weighted by Crippen LogP contribution is -2.32. The zero-order valence-corrected chi connectivity index (χ0v) is 10.7. The maximum Gasteiger partial charge on any atom is 0.340 e. The Bertz CT molecular complexity index is 502. The van der Waals surface area contributed by atoms with Crippen molar-refractivity contribution in [3.05, 3.63) is 23.8 Å². The third kappa shape index (κ3) is 3.15. The number of benzene rings is 1. The Morgan fingerprint density at radius 1 is 1.58 bits per heavy atom. The van der Waals surface area contributed by atoms with Crippen LogP contribution in [0.15, 0.2) is 18.2 Å². The zero-order chi connectivity index (χ0) is 13.8. The van der Waals surface area contributed by atoms with Gasteiger partial charge in [-0.15, -0.1) is 0 Å². The third-order valence-corrected chi connectivity index (χ3v) is 3.07. The number of ether oxygens (including phenoxy) is 1. The second kappa shape index (κ2) is 5.60. The Morgan fingerprint density at radius 2 is 2.37 bits per heavy atom. The Balaban J connectivity index is 2.07. The normalized spacial score (nSPS) is 17.9. The Kier molecular flexibility index (Phi) is 3.89. The van der Waals surface area contributed by atoms with Crippen molar-refractivity contribution in [2.24, 2.45) is 0 Å². The number of carbonyl (C=O) groups excluding carboxylic acids is 2. The molecular formula is C13H17N3O3. The van der Waals surface area contributed by atoms with Gasteiger partial charge in [-0.3, -0.25) is 4.79 Å². The molecule has 0 saturated carbocycles. The quantitative estimate of drug-likeness (QED) is 0.550. The highest BCUT2D eigenvalue weighted by Gasteiger charge is 2.21. The van der Waals surface area contributed by atoms with Crippen molar-refractivity contribution >= 4 is 23.3 Å². The molecule has 1 aromatic carbocycles. The van der Waals surface area contributed by atoms with E-state index in [2.05, 4.69) is 10.6 Å². The van der Waals surface area contributed by atoms with Crippen molar-refractivity contribution in [1.82, 2.24) is 5.32 Å². The molecule has 6 nitrogen and oxygen atoms in total. The first-order valence-electron chi connectivity index (χ1n) is 6.11. The van der Waals surface area contributed by atoms with E-state index in [9.17, 15) is 9.59 Å². The summed E-state index contributed by atoms with van der Waals surface area (Å²) >= 11 is 0. The van der Waals surface area contributed by atoms with E-state index >= 15 is 0 Å². The maximum absolute atomic E-state index is 11.6. The van der Waals surface area contributed by atoms with Gasteiger partial charge in [-0.1, -0.05) is 0 Å². The lowest BCUT2D eigenvalue weighted by Gasteiger charge is -2.15. The fraction of sp³-hybridized carbons (Fsp3) is 0.385. The van der Waals surface area contributed by atoms with E-state index < -0.39 is 5.97 Å². The number of hydrogen-bond acceptors (Lipinski definition) is 5. The molecule has 1 saturated heterocycles. The van der Waals surface area contributed by atoms with E-state index in [0.717, 1.165) is 6.42 Å². The van der Waals surface area contributed by atoms with Crippen LogP contribution in [0.5, 0.6) is 0 Å². The lowest BCUT2D eigenvalue weighted by atomic mass is 10.1. The van der Waals surface area contributed by atoms with Crippen LogP contribution in [0.3, 0.4) is 0 Å². The van der Waals surface area contributed by atoms with Crippen molar-refractivity contribution in [1.29, 1.82) is 0 Å². The minimum Gasteiger partial charge on any atom is -0.465 e. The van der Waals surface area contributed by atoms with Crippen LogP contribution in [-0.4, -0.2) is 31.6 Å². The summed E-state index contributed by atoms with van der Waals surface area (Å²) in [5, 5.41) is 6.00. The van der Waals surface area contributed by atoms with Crippen molar-refractivity contribution in [2.75, 3.05) is 24.7 Å². The van der Waals surface area contributed by atoms with Gasteiger partial charge in [0.15, 0.2) is 0 Å². The molecule has 4 N–H and O–H groups in total. The average Bonchev–Trinajstić information content (AvgIpc) is 2.82. The summed E-state index contributed by atoms with van der Waals surface area (Å²) < 4.78 is 4.72. The number of amides is 1. The number of nitrogens with two attached hydrogens (primary N) is 1. The minimum atomic E-state index is -0.440. The van der Waals surface area contributed by atoms with Gasteiger partial charge in [-0.2, -0.15) is 0 Å². The van der Waals surface area contributed by atoms with Crippen LogP contribution in [0.2, 0.25) is 0 Å². The molecule has 1 atom stereocenters. The van der Waals surface area contributed by atoms with Crippen LogP contribution in [-0.2, 0) is 9.53 Å². The average molecular weight is 263 g/mol. The summed E-state index contributed by atoms with van der Waals surface area (Å²) in [5.41, 5.74) is 7.21. The second-order valence-electron chi connectivity index (χ2n) is 4.48. The molecule has 1 amide bonds. The van der Waals surface area contributed by atoms with Gasteiger partial charge in [0.2, 0.25) is 5.91 Å². The molecule has 0 aromatic heterocycles. The fourth-order valence-corrected chi connectivity index (χ4v) is 2.06. The fourth-order valence-electron chi connectivity index (χ4n) is 2.06. The Morgan fingerprint density at radius 3 is 3.00 bits per heavy atom. The van der Waals surface area contributed by atoms with Crippen LogP contribution in [0, 0.1) is 0 Å². The predicted molar refractivity (Wildman–Crippen MR) is 71.8 cm³/mol. The summed E-state index contributed by atoms with van der Waals surface area (Å²) in [4.78, 5) is 22.7. The number of nitrogens with one attached hydrogen (secondary N) is 2. The number of carbonyl (C=O) groups is 2. The summed E-state index contributed by atoms with van der Waals surface area (Å²) in [7, 11) is 1.33. The van der Waals surface area contributed by atoms with Crippen molar-refractivity contribution < 1.29 is 14.3 Å². The molecule has 0 aliphatic carbocycles. The monoisotopic (exact) mass is 263 g/mol. The van der Waals surface area contributed by atoms with E-state index in [4.69, 9.17) is 10.5 Å². The van der Waals surface area contributed by atoms with E-state index in [-0.39, 0.29) is 11.9 Å². The minimum absolute atomic E-state index is 0.0669. The largest absolute Gasteiger partial charge is 0.465 e. The van der Waals surface area contributed by atoms with Crippen LogP contribution in [0.1, 0.15) is 23.2 Å². The molecule has 1 aliphatic heterocycles. The van der Waals surface area contributed by atoms with Crippen LogP contribution in [0.25, 0.3) is 0 Å². The first kappa shape index (κ1) is 13.2. The maximum atomic E-state index is 11.6.